The van der Waals surface area contributed by atoms with Crippen molar-refractivity contribution in [3.63, 3.8) is 0 Å². The number of aromatic amines is 2. The summed E-state index contributed by atoms with van der Waals surface area (Å²) in [6.45, 7) is 0. The van der Waals surface area contributed by atoms with Gasteiger partial charge in [-0.1, -0.05) is 36.4 Å². The molecule has 2 amide bonds. The number of amides is 2. The Morgan fingerprint density at radius 3 is 1.57 bits per heavy atom. The molecule has 4 aromatic rings. The quantitative estimate of drug-likeness (QED) is 0.390. The average Bonchev–Trinajstić information content (AvgIpc) is 3.33. The number of carbonyl (C=O) groups excluding carboxylic acids is 2. The highest BCUT2D eigenvalue weighted by atomic mass is 16.2. The molecule has 0 aliphatic carbocycles. The molecule has 28 heavy (non-hydrogen) atoms. The Labute approximate surface area is 162 Å². The Morgan fingerprint density at radius 1 is 0.679 bits per heavy atom. The number of carbonyl (C=O) groups is 2. The van der Waals surface area contributed by atoms with Crippen molar-refractivity contribution in [2.24, 2.45) is 0 Å². The van der Waals surface area contributed by atoms with E-state index in [4.69, 9.17) is 0 Å². The molecule has 0 unspecified atom stereocenters. The van der Waals surface area contributed by atoms with Crippen LogP contribution < -0.4 is 10.9 Å². The van der Waals surface area contributed by atoms with Crippen molar-refractivity contribution in [1.29, 1.82) is 0 Å². The topological polar surface area (TPSA) is 89.8 Å². The summed E-state index contributed by atoms with van der Waals surface area (Å²) in [5, 5.41) is 2.25. The fraction of sp³-hybridized carbons (Fsp3) is 0.182. The number of nitrogens with one attached hydrogen (secondary N) is 4. The van der Waals surface area contributed by atoms with Gasteiger partial charge in [0.05, 0.1) is 0 Å². The summed E-state index contributed by atoms with van der Waals surface area (Å²) < 4.78 is 0. The van der Waals surface area contributed by atoms with Crippen molar-refractivity contribution in [3.05, 3.63) is 72.1 Å². The van der Waals surface area contributed by atoms with Crippen LogP contribution >= 0.6 is 0 Å². The number of benzene rings is 2. The predicted octanol–water partition coefficient (Wildman–Crippen LogP) is 3.36. The third kappa shape index (κ3) is 3.91. The Kier molecular flexibility index (Phi) is 5.10. The average molecular weight is 374 g/mol. The molecular formula is C22H22N4O2. The monoisotopic (exact) mass is 374 g/mol. The summed E-state index contributed by atoms with van der Waals surface area (Å²) >= 11 is 0. The van der Waals surface area contributed by atoms with Crippen LogP contribution in [0.3, 0.4) is 0 Å². The van der Waals surface area contributed by atoms with E-state index in [2.05, 4.69) is 20.8 Å². The van der Waals surface area contributed by atoms with Gasteiger partial charge in [-0.15, -0.1) is 0 Å². The van der Waals surface area contributed by atoms with Crippen LogP contribution in [0.4, 0.5) is 0 Å². The maximum absolute atomic E-state index is 12.0. The number of para-hydroxylation sites is 2. The number of hydrazine groups is 1. The van der Waals surface area contributed by atoms with Gasteiger partial charge in [0.2, 0.25) is 11.8 Å². The Balaban J connectivity index is 1.22. The SMILES string of the molecule is O=C(CCc1c[nH]c2ccccc12)NNC(=O)CCc1c[nH]c2ccccc12. The molecule has 6 heteroatoms. The standard InChI is InChI=1S/C22H22N4O2/c27-21(11-9-15-13-23-19-7-3-1-5-17(15)19)25-26-22(28)12-10-16-14-24-20-8-4-2-6-18(16)20/h1-8,13-14,23-24H,9-12H2,(H,25,27)(H,26,28). The van der Waals surface area contributed by atoms with E-state index in [1.54, 1.807) is 0 Å². The van der Waals surface area contributed by atoms with E-state index in [1.807, 2.05) is 60.9 Å². The van der Waals surface area contributed by atoms with Gasteiger partial charge < -0.3 is 9.97 Å². The second kappa shape index (κ2) is 8.00. The van der Waals surface area contributed by atoms with Gasteiger partial charge in [-0.3, -0.25) is 20.4 Å². The van der Waals surface area contributed by atoms with E-state index in [0.717, 1.165) is 32.9 Å². The number of hydrogen-bond acceptors (Lipinski definition) is 2. The number of hydrogen-bond donors (Lipinski definition) is 4. The molecule has 4 rings (SSSR count). The van der Waals surface area contributed by atoms with Crippen LogP contribution in [0.25, 0.3) is 21.8 Å². The fourth-order valence-corrected chi connectivity index (χ4v) is 3.44. The van der Waals surface area contributed by atoms with E-state index in [-0.39, 0.29) is 11.8 Å². The molecule has 142 valence electrons. The van der Waals surface area contributed by atoms with Crippen molar-refractivity contribution in [3.8, 4) is 0 Å². The van der Waals surface area contributed by atoms with Crippen molar-refractivity contribution >= 4 is 33.6 Å². The Bertz CT molecular complexity index is 1040. The van der Waals surface area contributed by atoms with Crippen LogP contribution in [0.5, 0.6) is 0 Å². The summed E-state index contributed by atoms with van der Waals surface area (Å²) in [6.07, 6.45) is 5.70. The largest absolute Gasteiger partial charge is 0.361 e. The van der Waals surface area contributed by atoms with E-state index in [9.17, 15) is 9.59 Å². The van der Waals surface area contributed by atoms with Gasteiger partial charge in [-0.05, 0) is 36.1 Å². The first kappa shape index (κ1) is 17.9. The molecule has 2 aromatic heterocycles. The zero-order valence-electron chi connectivity index (χ0n) is 15.4. The molecule has 2 heterocycles. The zero-order chi connectivity index (χ0) is 19.3. The van der Waals surface area contributed by atoms with Crippen molar-refractivity contribution in [1.82, 2.24) is 20.8 Å². The molecule has 0 atom stereocenters. The summed E-state index contributed by atoms with van der Waals surface area (Å²) in [6, 6.07) is 16.0. The number of aryl methyl sites for hydroxylation is 2. The van der Waals surface area contributed by atoms with Gasteiger partial charge in [-0.2, -0.15) is 0 Å². The van der Waals surface area contributed by atoms with E-state index < -0.39 is 0 Å². The Hall–Kier alpha value is -3.54. The molecule has 2 aromatic carbocycles. The second-order valence-electron chi connectivity index (χ2n) is 6.82. The zero-order valence-corrected chi connectivity index (χ0v) is 15.4. The van der Waals surface area contributed by atoms with E-state index in [1.165, 1.54) is 0 Å². The number of fused-ring (bicyclic) bond motifs is 2. The Morgan fingerprint density at radius 2 is 1.11 bits per heavy atom. The number of H-pyrrole nitrogens is 2. The highest BCUT2D eigenvalue weighted by Gasteiger charge is 2.09. The van der Waals surface area contributed by atoms with Gasteiger partial charge in [0, 0.05) is 47.0 Å². The lowest BCUT2D eigenvalue weighted by molar-refractivity contribution is -0.128. The van der Waals surface area contributed by atoms with E-state index in [0.29, 0.717) is 25.7 Å². The lowest BCUT2D eigenvalue weighted by Crippen LogP contribution is -2.41. The predicted molar refractivity (Wildman–Crippen MR) is 110 cm³/mol. The van der Waals surface area contributed by atoms with Gasteiger partial charge in [0.25, 0.3) is 0 Å². The van der Waals surface area contributed by atoms with Crippen molar-refractivity contribution in [2.45, 2.75) is 25.7 Å². The highest BCUT2D eigenvalue weighted by molar-refractivity contribution is 5.86. The lowest BCUT2D eigenvalue weighted by atomic mass is 10.1. The molecule has 4 N–H and O–H groups in total. The molecule has 0 spiro atoms. The molecule has 0 saturated carbocycles. The molecule has 0 fully saturated rings. The third-order valence-corrected chi connectivity index (χ3v) is 4.93. The third-order valence-electron chi connectivity index (χ3n) is 4.93. The van der Waals surface area contributed by atoms with Crippen LogP contribution in [0.1, 0.15) is 24.0 Å². The smallest absolute Gasteiger partial charge is 0.238 e. The first-order chi connectivity index (χ1) is 13.7. The highest BCUT2D eigenvalue weighted by Crippen LogP contribution is 2.19. The van der Waals surface area contributed by atoms with Crippen LogP contribution in [0, 0.1) is 0 Å². The normalized spacial score (nSPS) is 11.0. The fourth-order valence-electron chi connectivity index (χ4n) is 3.44. The summed E-state index contributed by atoms with van der Waals surface area (Å²) in [7, 11) is 0. The first-order valence-corrected chi connectivity index (χ1v) is 9.38. The number of aromatic nitrogens is 2. The minimum atomic E-state index is -0.203. The molecule has 0 saturated heterocycles. The maximum atomic E-state index is 12.0. The van der Waals surface area contributed by atoms with Crippen LogP contribution in [-0.2, 0) is 22.4 Å². The molecule has 0 radical (unpaired) electrons. The van der Waals surface area contributed by atoms with E-state index >= 15 is 0 Å². The summed E-state index contributed by atoms with van der Waals surface area (Å²) in [4.78, 5) is 30.5. The minimum Gasteiger partial charge on any atom is -0.361 e. The summed E-state index contributed by atoms with van der Waals surface area (Å²) in [5.74, 6) is -0.406. The summed E-state index contributed by atoms with van der Waals surface area (Å²) in [5.41, 5.74) is 9.31. The van der Waals surface area contributed by atoms with Crippen LogP contribution in [-0.4, -0.2) is 21.8 Å². The molecule has 0 aliphatic heterocycles. The van der Waals surface area contributed by atoms with Gasteiger partial charge >= 0.3 is 0 Å². The second-order valence-corrected chi connectivity index (χ2v) is 6.82. The van der Waals surface area contributed by atoms with Crippen molar-refractivity contribution < 1.29 is 9.59 Å². The molecular weight excluding hydrogens is 352 g/mol. The van der Waals surface area contributed by atoms with Gasteiger partial charge in [-0.25, -0.2) is 0 Å². The van der Waals surface area contributed by atoms with Gasteiger partial charge in [0.1, 0.15) is 0 Å². The molecule has 6 nitrogen and oxygen atoms in total. The molecule has 0 bridgehead atoms. The van der Waals surface area contributed by atoms with Gasteiger partial charge in [0.15, 0.2) is 0 Å². The number of rotatable bonds is 6. The first-order valence-electron chi connectivity index (χ1n) is 9.38. The lowest BCUT2D eigenvalue weighted by Gasteiger charge is -2.07. The maximum Gasteiger partial charge on any atom is 0.238 e. The molecule has 0 aliphatic rings. The minimum absolute atomic E-state index is 0.203. The van der Waals surface area contributed by atoms with Crippen LogP contribution in [0.15, 0.2) is 60.9 Å². The van der Waals surface area contributed by atoms with Crippen molar-refractivity contribution in [2.75, 3.05) is 0 Å². The van der Waals surface area contributed by atoms with Crippen LogP contribution in [0.2, 0.25) is 0 Å².